The molecule has 3 aromatic carbocycles. The molecule has 0 spiro atoms. The van der Waals surface area contributed by atoms with E-state index >= 15 is 0 Å². The van der Waals surface area contributed by atoms with E-state index in [9.17, 15) is 14.7 Å². The first-order valence-electron chi connectivity index (χ1n) is 11.5. The topological polar surface area (TPSA) is 97.4 Å². The van der Waals surface area contributed by atoms with Gasteiger partial charge in [-0.2, -0.15) is 5.10 Å². The number of benzene rings is 3. The minimum absolute atomic E-state index is 0.131. The molecule has 0 bridgehead atoms. The number of fused-ring (bicyclic) bond motifs is 2. The van der Waals surface area contributed by atoms with E-state index in [2.05, 4.69) is 10.4 Å². The lowest BCUT2D eigenvalue weighted by atomic mass is 10.00. The molecule has 0 fully saturated rings. The van der Waals surface area contributed by atoms with Crippen LogP contribution in [0.25, 0.3) is 33.2 Å². The molecule has 7 nitrogen and oxygen atoms in total. The van der Waals surface area contributed by atoms with E-state index in [1.807, 2.05) is 62.0 Å². The van der Waals surface area contributed by atoms with Gasteiger partial charge in [-0.3, -0.25) is 9.48 Å². The molecule has 7 heteroatoms. The maximum absolute atomic E-state index is 13.1. The van der Waals surface area contributed by atoms with Gasteiger partial charge in [0.15, 0.2) is 5.43 Å². The zero-order chi connectivity index (χ0) is 24.7. The smallest absolute Gasteiger partial charge is 0.337 e. The highest BCUT2D eigenvalue weighted by Gasteiger charge is 2.18. The predicted octanol–water partition coefficient (Wildman–Crippen LogP) is 6.01. The molecular weight excluding hydrogens is 442 g/mol. The van der Waals surface area contributed by atoms with Crippen LogP contribution in [0.4, 0.5) is 5.69 Å². The predicted molar refractivity (Wildman–Crippen MR) is 137 cm³/mol. The lowest BCUT2D eigenvalue weighted by molar-refractivity contribution is 0.0698. The number of nitrogens with one attached hydrogen (secondary N) is 1. The number of para-hydroxylation sites is 1. The molecule has 0 aliphatic rings. The van der Waals surface area contributed by atoms with Crippen molar-refractivity contribution in [2.24, 2.45) is 0 Å². The molecule has 1 unspecified atom stereocenters. The van der Waals surface area contributed by atoms with E-state index in [0.29, 0.717) is 22.4 Å². The van der Waals surface area contributed by atoms with Crippen LogP contribution in [0, 0.1) is 6.92 Å². The summed E-state index contributed by atoms with van der Waals surface area (Å²) in [7, 11) is 0. The number of hydrogen-bond donors (Lipinski definition) is 2. The van der Waals surface area contributed by atoms with E-state index in [-0.39, 0.29) is 17.0 Å². The molecule has 2 heterocycles. The number of carboxylic acid groups (broad SMARTS) is 1. The van der Waals surface area contributed by atoms with E-state index in [1.165, 1.54) is 6.07 Å². The highest BCUT2D eigenvalue weighted by atomic mass is 16.4. The molecule has 0 saturated heterocycles. The quantitative estimate of drug-likeness (QED) is 0.317. The summed E-state index contributed by atoms with van der Waals surface area (Å²) in [6, 6.07) is 17.5. The summed E-state index contributed by atoms with van der Waals surface area (Å²) in [5.74, 6) is -0.540. The van der Waals surface area contributed by atoms with Crippen LogP contribution in [-0.4, -0.2) is 20.9 Å². The molecule has 2 N–H and O–H groups in total. The second kappa shape index (κ2) is 8.76. The number of aromatic nitrogens is 2. The molecule has 0 radical (unpaired) electrons. The summed E-state index contributed by atoms with van der Waals surface area (Å²) < 4.78 is 8.22. The van der Waals surface area contributed by atoms with E-state index in [0.717, 1.165) is 34.1 Å². The second-order valence-electron chi connectivity index (χ2n) is 8.68. The van der Waals surface area contributed by atoms with Crippen molar-refractivity contribution in [1.29, 1.82) is 0 Å². The van der Waals surface area contributed by atoms with Crippen LogP contribution in [0.1, 0.15) is 41.4 Å². The molecule has 0 aliphatic heterocycles. The standard InChI is InChI=1S/C28H25N3O4/c1-4-31-15-19-13-18(9-10-23(19)30-31)26-14-25(32)22-12-16(2)11-21(27(22)35-26)17(3)29-24-8-6-5-7-20(24)28(33)34/h5-15,17,29H,4H2,1-3H3,(H,33,34). The summed E-state index contributed by atoms with van der Waals surface area (Å²) in [4.78, 5) is 24.8. The van der Waals surface area contributed by atoms with E-state index < -0.39 is 5.97 Å². The molecular formula is C28H25N3O4. The van der Waals surface area contributed by atoms with Gasteiger partial charge in [-0.25, -0.2) is 4.79 Å². The van der Waals surface area contributed by atoms with Gasteiger partial charge < -0.3 is 14.8 Å². The first kappa shape index (κ1) is 22.4. The van der Waals surface area contributed by atoms with Crippen LogP contribution in [-0.2, 0) is 6.54 Å². The second-order valence-corrected chi connectivity index (χ2v) is 8.68. The monoisotopic (exact) mass is 467 g/mol. The summed E-state index contributed by atoms with van der Waals surface area (Å²) in [5.41, 5.74) is 4.39. The lowest BCUT2D eigenvalue weighted by Crippen LogP contribution is -2.12. The van der Waals surface area contributed by atoms with Crippen molar-refractivity contribution in [3.63, 3.8) is 0 Å². The minimum atomic E-state index is -1.01. The average molecular weight is 468 g/mol. The molecule has 5 aromatic rings. The van der Waals surface area contributed by atoms with Gasteiger partial charge in [0.05, 0.1) is 22.5 Å². The SMILES string of the molecule is CCn1cc2cc(-c3cc(=O)c4cc(C)cc(C(C)Nc5ccccc5C(=O)O)c4o3)ccc2n1. The number of rotatable bonds is 6. The average Bonchev–Trinajstić information content (AvgIpc) is 3.26. The summed E-state index contributed by atoms with van der Waals surface area (Å²) in [5, 5.41) is 18.8. The van der Waals surface area contributed by atoms with Crippen LogP contribution in [0.5, 0.6) is 0 Å². The van der Waals surface area contributed by atoms with Crippen molar-refractivity contribution in [3.8, 4) is 11.3 Å². The number of anilines is 1. The maximum atomic E-state index is 13.1. The Morgan fingerprint density at radius 3 is 2.71 bits per heavy atom. The van der Waals surface area contributed by atoms with Gasteiger partial charge in [0.25, 0.3) is 0 Å². The minimum Gasteiger partial charge on any atom is -0.478 e. The molecule has 2 aromatic heterocycles. The summed E-state index contributed by atoms with van der Waals surface area (Å²) in [6.45, 7) is 6.65. The van der Waals surface area contributed by atoms with Gasteiger partial charge in [0, 0.05) is 41.0 Å². The van der Waals surface area contributed by atoms with Gasteiger partial charge in [0.2, 0.25) is 0 Å². The van der Waals surface area contributed by atoms with E-state index in [1.54, 1.807) is 24.3 Å². The van der Waals surface area contributed by atoms with Crippen LogP contribution in [0.3, 0.4) is 0 Å². The zero-order valence-corrected chi connectivity index (χ0v) is 19.7. The molecule has 1 atom stereocenters. The molecule has 5 rings (SSSR count). The van der Waals surface area contributed by atoms with Crippen molar-refractivity contribution in [2.75, 3.05) is 5.32 Å². The van der Waals surface area contributed by atoms with Gasteiger partial charge in [-0.1, -0.05) is 18.2 Å². The normalized spacial score (nSPS) is 12.2. The van der Waals surface area contributed by atoms with Gasteiger partial charge >= 0.3 is 5.97 Å². The van der Waals surface area contributed by atoms with Crippen molar-refractivity contribution in [1.82, 2.24) is 9.78 Å². The van der Waals surface area contributed by atoms with E-state index in [4.69, 9.17) is 4.42 Å². The van der Waals surface area contributed by atoms with Gasteiger partial charge in [-0.05, 0) is 62.7 Å². The largest absolute Gasteiger partial charge is 0.478 e. The summed E-state index contributed by atoms with van der Waals surface area (Å²) in [6.07, 6.45) is 1.97. The molecule has 0 amide bonds. The van der Waals surface area contributed by atoms with Crippen LogP contribution >= 0.6 is 0 Å². The Labute approximate surface area is 201 Å². The first-order valence-corrected chi connectivity index (χ1v) is 11.5. The molecule has 0 aliphatic carbocycles. The Balaban J connectivity index is 1.62. The van der Waals surface area contributed by atoms with Crippen LogP contribution in [0.15, 0.2) is 76.1 Å². The Morgan fingerprint density at radius 2 is 1.94 bits per heavy atom. The Hall–Kier alpha value is -4.39. The van der Waals surface area contributed by atoms with Crippen LogP contribution < -0.4 is 10.7 Å². The molecule has 176 valence electrons. The Morgan fingerprint density at radius 1 is 1.14 bits per heavy atom. The Bertz CT molecular complexity index is 1650. The van der Waals surface area contributed by atoms with Crippen molar-refractivity contribution in [2.45, 2.75) is 33.4 Å². The third-order valence-corrected chi connectivity index (χ3v) is 6.16. The van der Waals surface area contributed by atoms with Crippen molar-refractivity contribution < 1.29 is 14.3 Å². The number of aromatic carboxylic acids is 1. The molecule has 35 heavy (non-hydrogen) atoms. The number of hydrogen-bond acceptors (Lipinski definition) is 5. The zero-order valence-electron chi connectivity index (χ0n) is 19.7. The number of carbonyl (C=O) groups is 1. The molecule has 0 saturated carbocycles. The fourth-order valence-corrected chi connectivity index (χ4v) is 4.40. The highest BCUT2D eigenvalue weighted by Crippen LogP contribution is 2.32. The first-order chi connectivity index (χ1) is 16.8. The number of aryl methyl sites for hydroxylation is 2. The lowest BCUT2D eigenvalue weighted by Gasteiger charge is -2.19. The number of nitrogens with zero attached hydrogens (tertiary/aromatic N) is 2. The summed E-state index contributed by atoms with van der Waals surface area (Å²) >= 11 is 0. The maximum Gasteiger partial charge on any atom is 0.337 e. The third kappa shape index (κ3) is 4.17. The van der Waals surface area contributed by atoms with Crippen LogP contribution in [0.2, 0.25) is 0 Å². The van der Waals surface area contributed by atoms with Gasteiger partial charge in [0.1, 0.15) is 11.3 Å². The number of carboxylic acids is 1. The Kier molecular flexibility index (Phi) is 5.61. The fourth-order valence-electron chi connectivity index (χ4n) is 4.40. The third-order valence-electron chi connectivity index (χ3n) is 6.16. The van der Waals surface area contributed by atoms with Gasteiger partial charge in [-0.15, -0.1) is 0 Å². The van der Waals surface area contributed by atoms with Crippen molar-refractivity contribution in [3.05, 3.63) is 93.8 Å². The highest BCUT2D eigenvalue weighted by molar-refractivity contribution is 5.94. The fraction of sp³-hybridized carbons (Fsp3) is 0.179. The van der Waals surface area contributed by atoms with Crippen molar-refractivity contribution >= 4 is 33.5 Å².